The van der Waals surface area contributed by atoms with E-state index in [1.54, 1.807) is 13.4 Å². The third-order valence-corrected chi connectivity index (χ3v) is 2.82. The molecular formula is C13H24N4O. The van der Waals surface area contributed by atoms with Crippen LogP contribution in [0, 0.1) is 6.92 Å². The largest absolute Gasteiger partial charge is 0.481 e. The van der Waals surface area contributed by atoms with Crippen molar-refractivity contribution in [2.24, 2.45) is 0 Å². The van der Waals surface area contributed by atoms with Crippen LogP contribution in [0.3, 0.4) is 0 Å². The minimum atomic E-state index is 0.504. The number of nitrogens with one attached hydrogen (secondary N) is 1. The lowest BCUT2D eigenvalue weighted by molar-refractivity contribution is 0.393. The first-order valence-corrected chi connectivity index (χ1v) is 6.44. The average molecular weight is 252 g/mol. The van der Waals surface area contributed by atoms with Crippen molar-refractivity contribution in [1.82, 2.24) is 15.3 Å². The predicted molar refractivity (Wildman–Crippen MR) is 74.3 cm³/mol. The molecule has 0 radical (unpaired) electrons. The highest BCUT2D eigenvalue weighted by molar-refractivity contribution is 5.49. The zero-order valence-corrected chi connectivity index (χ0v) is 12.0. The maximum absolute atomic E-state index is 5.23. The van der Waals surface area contributed by atoms with E-state index >= 15 is 0 Å². The topological polar surface area (TPSA) is 50.3 Å². The Hall–Kier alpha value is -1.36. The maximum Gasteiger partial charge on any atom is 0.221 e. The van der Waals surface area contributed by atoms with Gasteiger partial charge in [-0.1, -0.05) is 13.8 Å². The SMILES string of the molecule is CCN(CCNC(C)C)c1ncnc(OC)c1C. The highest BCUT2D eigenvalue weighted by atomic mass is 16.5. The molecule has 1 rings (SSSR count). The van der Waals surface area contributed by atoms with Gasteiger partial charge in [0.25, 0.3) is 0 Å². The van der Waals surface area contributed by atoms with Crippen LogP contribution in [-0.4, -0.2) is 42.8 Å². The summed E-state index contributed by atoms with van der Waals surface area (Å²) in [4.78, 5) is 10.7. The van der Waals surface area contributed by atoms with Crippen molar-refractivity contribution in [2.45, 2.75) is 33.7 Å². The van der Waals surface area contributed by atoms with E-state index in [1.165, 1.54) is 0 Å². The standard InChI is InChI=1S/C13H24N4O/c1-6-17(8-7-14-10(2)3)12-11(4)13(18-5)16-9-15-12/h9-10,14H,6-8H2,1-5H3. The molecule has 102 valence electrons. The molecule has 0 fully saturated rings. The van der Waals surface area contributed by atoms with E-state index in [4.69, 9.17) is 4.74 Å². The van der Waals surface area contributed by atoms with Crippen LogP contribution in [0.25, 0.3) is 0 Å². The number of nitrogens with zero attached hydrogens (tertiary/aromatic N) is 3. The summed E-state index contributed by atoms with van der Waals surface area (Å²) in [6, 6.07) is 0.504. The molecular weight excluding hydrogens is 228 g/mol. The molecule has 0 aliphatic heterocycles. The van der Waals surface area contributed by atoms with Gasteiger partial charge in [0, 0.05) is 25.7 Å². The minimum absolute atomic E-state index is 0.504. The van der Waals surface area contributed by atoms with Gasteiger partial charge in [0.2, 0.25) is 5.88 Å². The van der Waals surface area contributed by atoms with E-state index in [0.717, 1.165) is 31.0 Å². The summed E-state index contributed by atoms with van der Waals surface area (Å²) in [7, 11) is 1.63. The normalized spacial score (nSPS) is 10.8. The minimum Gasteiger partial charge on any atom is -0.481 e. The van der Waals surface area contributed by atoms with Crippen molar-refractivity contribution >= 4 is 5.82 Å². The number of ether oxygens (including phenoxy) is 1. The van der Waals surface area contributed by atoms with Crippen molar-refractivity contribution in [3.8, 4) is 5.88 Å². The van der Waals surface area contributed by atoms with Crippen LogP contribution >= 0.6 is 0 Å². The lowest BCUT2D eigenvalue weighted by Crippen LogP contribution is -2.35. The predicted octanol–water partition coefficient (Wildman–Crippen LogP) is 1.62. The van der Waals surface area contributed by atoms with E-state index in [9.17, 15) is 0 Å². The van der Waals surface area contributed by atoms with Gasteiger partial charge in [-0.25, -0.2) is 9.97 Å². The molecule has 5 nitrogen and oxygen atoms in total. The van der Waals surface area contributed by atoms with Gasteiger partial charge < -0.3 is 15.0 Å². The number of aromatic nitrogens is 2. The smallest absolute Gasteiger partial charge is 0.221 e. The fourth-order valence-corrected chi connectivity index (χ4v) is 1.85. The molecule has 0 atom stereocenters. The number of methoxy groups -OCH3 is 1. The van der Waals surface area contributed by atoms with E-state index in [-0.39, 0.29) is 0 Å². The second-order valence-electron chi connectivity index (χ2n) is 4.52. The van der Waals surface area contributed by atoms with E-state index in [1.807, 2.05) is 6.92 Å². The third kappa shape index (κ3) is 3.84. The van der Waals surface area contributed by atoms with Gasteiger partial charge in [-0.2, -0.15) is 0 Å². The first-order chi connectivity index (χ1) is 8.60. The Morgan fingerprint density at radius 1 is 1.39 bits per heavy atom. The number of likely N-dealkylation sites (N-methyl/N-ethyl adjacent to an activating group) is 1. The third-order valence-electron chi connectivity index (χ3n) is 2.82. The molecule has 0 saturated carbocycles. The first-order valence-electron chi connectivity index (χ1n) is 6.44. The second-order valence-corrected chi connectivity index (χ2v) is 4.52. The summed E-state index contributed by atoms with van der Waals surface area (Å²) in [6.07, 6.45) is 1.56. The Labute approximate surface area is 110 Å². The van der Waals surface area contributed by atoms with Crippen LogP contribution < -0.4 is 15.0 Å². The van der Waals surface area contributed by atoms with Crippen LogP contribution in [0.2, 0.25) is 0 Å². The Bertz CT molecular complexity index is 368. The Balaban J connectivity index is 2.75. The fraction of sp³-hybridized carbons (Fsp3) is 0.692. The van der Waals surface area contributed by atoms with Crippen molar-refractivity contribution in [3.05, 3.63) is 11.9 Å². The number of rotatable bonds is 7. The quantitative estimate of drug-likeness (QED) is 0.799. The molecule has 5 heteroatoms. The summed E-state index contributed by atoms with van der Waals surface area (Å²) >= 11 is 0. The lowest BCUT2D eigenvalue weighted by atomic mass is 10.3. The molecule has 1 aromatic heterocycles. The molecule has 0 bridgehead atoms. The summed E-state index contributed by atoms with van der Waals surface area (Å²) in [5, 5.41) is 3.41. The Morgan fingerprint density at radius 2 is 2.11 bits per heavy atom. The molecule has 1 N–H and O–H groups in total. The molecule has 1 heterocycles. The summed E-state index contributed by atoms with van der Waals surface area (Å²) in [5.41, 5.74) is 0.992. The van der Waals surface area contributed by atoms with E-state index in [0.29, 0.717) is 11.9 Å². The van der Waals surface area contributed by atoms with E-state index < -0.39 is 0 Å². The monoisotopic (exact) mass is 252 g/mol. The van der Waals surface area contributed by atoms with Gasteiger partial charge in [-0.15, -0.1) is 0 Å². The number of hydrogen-bond donors (Lipinski definition) is 1. The van der Waals surface area contributed by atoms with E-state index in [2.05, 4.69) is 41.0 Å². The number of anilines is 1. The van der Waals surface area contributed by atoms with Crippen LogP contribution in [-0.2, 0) is 0 Å². The Morgan fingerprint density at radius 3 is 2.67 bits per heavy atom. The molecule has 0 aliphatic carbocycles. The van der Waals surface area contributed by atoms with Gasteiger partial charge in [0.05, 0.1) is 12.7 Å². The lowest BCUT2D eigenvalue weighted by Gasteiger charge is -2.24. The highest BCUT2D eigenvalue weighted by Gasteiger charge is 2.13. The molecule has 0 unspecified atom stereocenters. The zero-order chi connectivity index (χ0) is 13.5. The van der Waals surface area contributed by atoms with Gasteiger partial charge in [-0.3, -0.25) is 0 Å². The Kier molecular flexibility index (Phi) is 5.85. The van der Waals surface area contributed by atoms with Crippen LogP contribution in [0.5, 0.6) is 5.88 Å². The summed E-state index contributed by atoms with van der Waals surface area (Å²) in [5.74, 6) is 1.60. The molecule has 0 aromatic carbocycles. The maximum atomic E-state index is 5.23. The zero-order valence-electron chi connectivity index (χ0n) is 12.0. The molecule has 0 saturated heterocycles. The summed E-state index contributed by atoms with van der Waals surface area (Å²) < 4.78 is 5.23. The number of hydrogen-bond acceptors (Lipinski definition) is 5. The van der Waals surface area contributed by atoms with Crippen molar-refractivity contribution in [2.75, 3.05) is 31.6 Å². The molecule has 0 amide bonds. The van der Waals surface area contributed by atoms with Gasteiger partial charge in [0.15, 0.2) is 0 Å². The van der Waals surface area contributed by atoms with Gasteiger partial charge in [-0.05, 0) is 13.8 Å². The van der Waals surface area contributed by atoms with Gasteiger partial charge in [0.1, 0.15) is 12.1 Å². The average Bonchev–Trinajstić information content (AvgIpc) is 2.35. The van der Waals surface area contributed by atoms with Gasteiger partial charge >= 0.3 is 0 Å². The molecule has 18 heavy (non-hydrogen) atoms. The van der Waals surface area contributed by atoms with Crippen molar-refractivity contribution < 1.29 is 4.74 Å². The summed E-state index contributed by atoms with van der Waals surface area (Å²) in [6.45, 7) is 11.2. The van der Waals surface area contributed by atoms with Crippen LogP contribution in [0.4, 0.5) is 5.82 Å². The van der Waals surface area contributed by atoms with Crippen LogP contribution in [0.15, 0.2) is 6.33 Å². The molecule has 0 spiro atoms. The van der Waals surface area contributed by atoms with Crippen molar-refractivity contribution in [1.29, 1.82) is 0 Å². The first kappa shape index (κ1) is 14.7. The second kappa shape index (κ2) is 7.16. The van der Waals surface area contributed by atoms with Crippen molar-refractivity contribution in [3.63, 3.8) is 0 Å². The molecule has 0 aliphatic rings. The molecule has 1 aromatic rings. The highest BCUT2D eigenvalue weighted by Crippen LogP contribution is 2.22. The fourth-order valence-electron chi connectivity index (χ4n) is 1.85. The van der Waals surface area contributed by atoms with Crippen LogP contribution in [0.1, 0.15) is 26.3 Å².